The average molecular weight is 394 g/mol. The molecule has 0 unspecified atom stereocenters. The molecule has 1 amide bonds. The van der Waals surface area contributed by atoms with Gasteiger partial charge in [-0.3, -0.25) is 14.0 Å². The summed E-state index contributed by atoms with van der Waals surface area (Å²) in [6.45, 7) is 4.01. The first-order chi connectivity index (χ1) is 12.9. The van der Waals surface area contributed by atoms with Gasteiger partial charge in [0.2, 0.25) is 5.95 Å². The molecule has 0 aliphatic carbocycles. The van der Waals surface area contributed by atoms with Crippen LogP contribution >= 0.6 is 11.6 Å². The quantitative estimate of drug-likeness (QED) is 0.746. The van der Waals surface area contributed by atoms with E-state index >= 15 is 0 Å². The van der Waals surface area contributed by atoms with Gasteiger partial charge in [-0.15, -0.1) is 0 Å². The Balaban J connectivity index is 1.71. The van der Waals surface area contributed by atoms with E-state index in [0.29, 0.717) is 36.5 Å². The molecule has 2 bridgehead atoms. The minimum atomic E-state index is -0.734. The first-order valence-electron chi connectivity index (χ1n) is 9.26. The first kappa shape index (κ1) is 18.2. The molecular formula is C19H21ClFN3O3. The van der Waals surface area contributed by atoms with Crippen LogP contribution in [0.3, 0.4) is 0 Å². The molecular weight excluding hydrogens is 373 g/mol. The van der Waals surface area contributed by atoms with Crippen LogP contribution in [0, 0.1) is 11.4 Å². The average Bonchev–Trinajstić information content (AvgIpc) is 3.32. The van der Waals surface area contributed by atoms with Crippen molar-refractivity contribution in [2.24, 2.45) is 5.41 Å². The van der Waals surface area contributed by atoms with Crippen molar-refractivity contribution >= 4 is 29.1 Å². The lowest BCUT2D eigenvalue weighted by Gasteiger charge is -2.33. The minimum absolute atomic E-state index is 0.0975. The van der Waals surface area contributed by atoms with Crippen molar-refractivity contribution in [1.82, 2.24) is 14.3 Å². The number of rotatable bonds is 4. The number of hydrogen-bond acceptors (Lipinski definition) is 4. The van der Waals surface area contributed by atoms with Crippen LogP contribution in [-0.4, -0.2) is 44.9 Å². The molecule has 2 fully saturated rings. The van der Waals surface area contributed by atoms with Gasteiger partial charge in [-0.1, -0.05) is 18.5 Å². The highest BCUT2D eigenvalue weighted by atomic mass is 35.5. The van der Waals surface area contributed by atoms with Crippen LogP contribution < -0.4 is 0 Å². The van der Waals surface area contributed by atoms with Gasteiger partial charge in [0.15, 0.2) is 5.69 Å². The predicted molar refractivity (Wildman–Crippen MR) is 97.1 cm³/mol. The third-order valence-corrected chi connectivity index (χ3v) is 6.24. The molecule has 0 spiro atoms. The number of hydrogen-bond donors (Lipinski definition) is 0. The molecule has 2 saturated heterocycles. The maximum absolute atomic E-state index is 14.8. The van der Waals surface area contributed by atoms with Crippen LogP contribution in [0.25, 0.3) is 5.65 Å². The number of carbonyl (C=O) groups excluding carboxylic acids is 2. The molecule has 144 valence electrons. The van der Waals surface area contributed by atoms with Gasteiger partial charge in [-0.05, 0) is 44.7 Å². The third-order valence-electron chi connectivity index (χ3n) is 6.01. The normalized spacial score (nSPS) is 26.7. The van der Waals surface area contributed by atoms with Crippen molar-refractivity contribution in [3.05, 3.63) is 35.0 Å². The van der Waals surface area contributed by atoms with Crippen molar-refractivity contribution in [1.29, 1.82) is 0 Å². The molecule has 3 atom stereocenters. The summed E-state index contributed by atoms with van der Waals surface area (Å²) in [5.74, 6) is -1.47. The molecule has 0 N–H and O–H groups in total. The van der Waals surface area contributed by atoms with E-state index in [1.807, 2.05) is 6.92 Å². The summed E-state index contributed by atoms with van der Waals surface area (Å²) in [4.78, 5) is 31.7. The van der Waals surface area contributed by atoms with Gasteiger partial charge < -0.3 is 9.64 Å². The zero-order valence-electron chi connectivity index (χ0n) is 15.2. The Kier molecular flexibility index (Phi) is 4.37. The standard InChI is InChI=1S/C19H21ClFN3O3/c1-3-19(18(26)27-4-2)9-12-6-7-13(19)24(12)17(25)15-16(21)23-10-11(20)5-8-14(23)22-15/h5,8,10,12-13H,3-4,6-7,9H2,1-2H3/t12-,13+,19+/m1/s1. The van der Waals surface area contributed by atoms with E-state index in [9.17, 15) is 14.0 Å². The third kappa shape index (κ3) is 2.55. The maximum Gasteiger partial charge on any atom is 0.314 e. The SMILES string of the molecule is CCOC(=O)[C@@]1(CC)C[C@H]2CC[C@@H]1N2C(=O)c1nc2ccc(Cl)cn2c1F. The zero-order valence-corrected chi connectivity index (χ0v) is 16.0. The number of aromatic nitrogens is 2. The number of imidazole rings is 1. The Morgan fingerprint density at radius 1 is 1.37 bits per heavy atom. The fourth-order valence-electron chi connectivity index (χ4n) is 4.76. The number of halogens is 2. The fourth-order valence-corrected chi connectivity index (χ4v) is 4.92. The van der Waals surface area contributed by atoms with Gasteiger partial charge in [-0.25, -0.2) is 4.98 Å². The molecule has 2 aromatic rings. The summed E-state index contributed by atoms with van der Waals surface area (Å²) in [7, 11) is 0. The van der Waals surface area contributed by atoms with E-state index in [1.165, 1.54) is 10.6 Å². The van der Waals surface area contributed by atoms with Crippen molar-refractivity contribution in [3.8, 4) is 0 Å². The second kappa shape index (κ2) is 6.48. The molecule has 8 heteroatoms. The van der Waals surface area contributed by atoms with E-state index in [1.54, 1.807) is 24.0 Å². The Bertz CT molecular complexity index is 930. The number of esters is 1. The number of carbonyl (C=O) groups is 2. The fraction of sp³-hybridized carbons (Fsp3) is 0.526. The van der Waals surface area contributed by atoms with Crippen LogP contribution in [0.2, 0.25) is 5.02 Å². The molecule has 27 heavy (non-hydrogen) atoms. The number of ether oxygens (including phenoxy) is 1. The van der Waals surface area contributed by atoms with E-state index in [2.05, 4.69) is 4.98 Å². The molecule has 0 radical (unpaired) electrons. The van der Waals surface area contributed by atoms with Crippen molar-refractivity contribution in [3.63, 3.8) is 0 Å². The van der Waals surface area contributed by atoms with Gasteiger partial charge in [0.25, 0.3) is 5.91 Å². The molecule has 4 heterocycles. The van der Waals surface area contributed by atoms with Crippen molar-refractivity contribution in [2.45, 2.75) is 51.6 Å². The van der Waals surface area contributed by atoms with Gasteiger partial charge in [-0.2, -0.15) is 4.39 Å². The van der Waals surface area contributed by atoms with Gasteiger partial charge in [0.05, 0.1) is 17.0 Å². The monoisotopic (exact) mass is 393 g/mol. The summed E-state index contributed by atoms with van der Waals surface area (Å²) < 4.78 is 21.3. The van der Waals surface area contributed by atoms with Gasteiger partial charge >= 0.3 is 5.97 Å². The highest BCUT2D eigenvalue weighted by molar-refractivity contribution is 6.30. The summed E-state index contributed by atoms with van der Waals surface area (Å²) in [5.41, 5.74) is -0.628. The highest BCUT2D eigenvalue weighted by Crippen LogP contribution is 2.52. The summed E-state index contributed by atoms with van der Waals surface area (Å²) in [5, 5.41) is 0.353. The first-order valence-corrected chi connectivity index (χ1v) is 9.63. The lowest BCUT2D eigenvalue weighted by atomic mass is 9.72. The van der Waals surface area contributed by atoms with Crippen LogP contribution in [0.5, 0.6) is 0 Å². The summed E-state index contributed by atoms with van der Waals surface area (Å²) >= 11 is 5.92. The van der Waals surface area contributed by atoms with Crippen LogP contribution in [0.4, 0.5) is 4.39 Å². The van der Waals surface area contributed by atoms with Gasteiger partial charge in [0.1, 0.15) is 5.65 Å². The molecule has 2 aliphatic heterocycles. The summed E-state index contributed by atoms with van der Waals surface area (Å²) in [6.07, 6.45) is 4.05. The van der Waals surface area contributed by atoms with E-state index < -0.39 is 17.3 Å². The number of amides is 1. The van der Waals surface area contributed by atoms with E-state index in [0.717, 1.165) is 6.42 Å². The molecule has 4 rings (SSSR count). The Labute approximate surface area is 161 Å². The number of nitrogens with zero attached hydrogens (tertiary/aromatic N) is 3. The van der Waals surface area contributed by atoms with Crippen LogP contribution in [0.1, 0.15) is 50.0 Å². The van der Waals surface area contributed by atoms with E-state index in [4.69, 9.17) is 16.3 Å². The van der Waals surface area contributed by atoms with Crippen LogP contribution in [-0.2, 0) is 9.53 Å². The molecule has 0 saturated carbocycles. The second-order valence-electron chi connectivity index (χ2n) is 7.22. The number of pyridine rings is 1. The topological polar surface area (TPSA) is 63.9 Å². The zero-order chi connectivity index (χ0) is 19.3. The van der Waals surface area contributed by atoms with Crippen molar-refractivity contribution < 1.29 is 18.7 Å². The minimum Gasteiger partial charge on any atom is -0.466 e. The highest BCUT2D eigenvalue weighted by Gasteiger charge is 2.61. The smallest absolute Gasteiger partial charge is 0.314 e. The van der Waals surface area contributed by atoms with Crippen molar-refractivity contribution in [2.75, 3.05) is 6.61 Å². The maximum atomic E-state index is 14.8. The Morgan fingerprint density at radius 3 is 2.85 bits per heavy atom. The molecule has 2 aromatic heterocycles. The molecule has 6 nitrogen and oxygen atoms in total. The number of fused-ring (bicyclic) bond motifs is 3. The largest absolute Gasteiger partial charge is 0.466 e. The Hall–Kier alpha value is -2.15. The lowest BCUT2D eigenvalue weighted by Crippen LogP contribution is -2.45. The predicted octanol–water partition coefficient (Wildman–Crippen LogP) is 3.46. The second-order valence-corrected chi connectivity index (χ2v) is 7.66. The summed E-state index contributed by atoms with van der Waals surface area (Å²) in [6, 6.07) is 2.78. The van der Waals surface area contributed by atoms with E-state index in [-0.39, 0.29) is 23.7 Å². The Morgan fingerprint density at radius 2 is 2.15 bits per heavy atom. The lowest BCUT2D eigenvalue weighted by molar-refractivity contribution is -0.157. The van der Waals surface area contributed by atoms with Crippen LogP contribution in [0.15, 0.2) is 18.3 Å². The molecule has 2 aliphatic rings. The van der Waals surface area contributed by atoms with Gasteiger partial charge in [0, 0.05) is 18.3 Å². The molecule has 0 aromatic carbocycles.